The molecule has 4 rings (SSSR count). The minimum atomic E-state index is -0.765. The lowest BCUT2D eigenvalue weighted by atomic mass is 9.97. The van der Waals surface area contributed by atoms with Gasteiger partial charge in [-0.05, 0) is 87.2 Å². The number of aromatic nitrogens is 1. The van der Waals surface area contributed by atoms with Gasteiger partial charge >= 0.3 is 5.97 Å². The second-order valence-electron chi connectivity index (χ2n) is 8.16. The lowest BCUT2D eigenvalue weighted by molar-refractivity contribution is -0.136. The number of fused-ring (bicyclic) bond motifs is 1. The summed E-state index contributed by atoms with van der Waals surface area (Å²) in [5.41, 5.74) is 1.38. The van der Waals surface area contributed by atoms with E-state index in [1.165, 1.54) is 29.2 Å². The molecule has 39 heavy (non-hydrogen) atoms. The van der Waals surface area contributed by atoms with Gasteiger partial charge < -0.3 is 18.9 Å². The van der Waals surface area contributed by atoms with Crippen molar-refractivity contribution in [1.82, 2.24) is 4.57 Å². The van der Waals surface area contributed by atoms with Crippen LogP contribution in [0.3, 0.4) is 0 Å². The molecule has 1 atom stereocenters. The summed E-state index contributed by atoms with van der Waals surface area (Å²) < 4.78 is 25.6. The maximum absolute atomic E-state index is 13.8. The van der Waals surface area contributed by atoms with E-state index in [1.54, 1.807) is 24.3 Å². The normalized spacial score (nSPS) is 14.6. The van der Waals surface area contributed by atoms with Crippen LogP contribution in [0.1, 0.15) is 31.0 Å². The van der Waals surface area contributed by atoms with Gasteiger partial charge in [-0.25, -0.2) is 9.79 Å². The molecule has 1 aliphatic heterocycles. The molecule has 2 aromatic carbocycles. The summed E-state index contributed by atoms with van der Waals surface area (Å²) in [6, 6.07) is 8.33. The van der Waals surface area contributed by atoms with E-state index in [0.29, 0.717) is 52.0 Å². The second kappa shape index (κ2) is 12.8. The lowest BCUT2D eigenvalue weighted by Gasteiger charge is -2.23. The van der Waals surface area contributed by atoms with Gasteiger partial charge in [0.25, 0.3) is 5.56 Å². The number of benzene rings is 2. The maximum Gasteiger partial charge on any atom is 0.337 e. The largest absolute Gasteiger partial charge is 0.490 e. The Kier molecular flexibility index (Phi) is 9.47. The molecule has 0 N–H and O–H groups in total. The number of esters is 1. The molecule has 1 aromatic heterocycles. The Hall–Kier alpha value is -3.15. The van der Waals surface area contributed by atoms with E-state index in [9.17, 15) is 9.59 Å². The van der Waals surface area contributed by atoms with Crippen LogP contribution in [0, 0.1) is 0 Å². The highest BCUT2D eigenvalue weighted by Crippen LogP contribution is 2.36. The van der Waals surface area contributed by atoms with Crippen LogP contribution in [0.5, 0.6) is 17.2 Å². The van der Waals surface area contributed by atoms with Crippen molar-refractivity contribution >= 4 is 55.2 Å². The highest BCUT2D eigenvalue weighted by Gasteiger charge is 2.31. The van der Waals surface area contributed by atoms with Crippen molar-refractivity contribution in [3.8, 4) is 17.2 Å². The predicted molar refractivity (Wildman–Crippen MR) is 157 cm³/mol. The van der Waals surface area contributed by atoms with Gasteiger partial charge in [0.2, 0.25) is 0 Å². The van der Waals surface area contributed by atoms with Crippen LogP contribution in [0.25, 0.3) is 6.08 Å². The minimum absolute atomic E-state index is 0.234. The smallest absolute Gasteiger partial charge is 0.337 e. The predicted octanol–water partition coefficient (Wildman–Crippen LogP) is 4.91. The number of nitrogens with zero attached hydrogens (tertiary/aromatic N) is 2. The summed E-state index contributed by atoms with van der Waals surface area (Å²) in [5.74, 6) is 1.16. The van der Waals surface area contributed by atoms with Crippen molar-refractivity contribution in [1.29, 1.82) is 0 Å². The van der Waals surface area contributed by atoms with E-state index < -0.39 is 12.0 Å². The first-order valence-corrected chi connectivity index (χ1v) is 14.4. The number of hydrogen-bond donors (Lipinski definition) is 0. The zero-order valence-electron chi connectivity index (χ0n) is 21.5. The summed E-state index contributed by atoms with van der Waals surface area (Å²) in [7, 11) is 1.30. The van der Waals surface area contributed by atoms with E-state index in [-0.39, 0.29) is 11.1 Å². The molecular weight excluding hydrogens is 652 g/mol. The van der Waals surface area contributed by atoms with Crippen LogP contribution in [-0.2, 0) is 9.53 Å². The maximum atomic E-state index is 13.8. The first kappa shape index (κ1) is 28.8. The van der Waals surface area contributed by atoms with Gasteiger partial charge in [-0.3, -0.25) is 9.36 Å². The SMILES string of the molecule is C=CCOc1c(Br)cc(/C=c2/sc3n(c2=O)[C@@H](c2ccc(OCC)c(OCC)c2)C(C(=O)OC)=CN=3)cc1Br. The van der Waals surface area contributed by atoms with Crippen molar-refractivity contribution in [2.24, 2.45) is 4.99 Å². The van der Waals surface area contributed by atoms with Gasteiger partial charge in [-0.15, -0.1) is 0 Å². The average Bonchev–Trinajstić information content (AvgIpc) is 3.23. The quantitative estimate of drug-likeness (QED) is 0.224. The first-order valence-electron chi connectivity index (χ1n) is 12.0. The summed E-state index contributed by atoms with van der Waals surface area (Å²) in [6.45, 7) is 8.68. The molecule has 0 spiro atoms. The van der Waals surface area contributed by atoms with Crippen LogP contribution in [0.4, 0.5) is 0 Å². The third-order valence-corrected chi connectivity index (χ3v) is 7.85. The molecular formula is C28H26Br2N2O6S. The Labute approximate surface area is 246 Å². The Bertz CT molecular complexity index is 1600. The number of carbonyl (C=O) groups excluding carboxylic acids is 1. The van der Waals surface area contributed by atoms with E-state index in [4.69, 9.17) is 18.9 Å². The Morgan fingerprint density at radius 3 is 2.44 bits per heavy atom. The second-order valence-corrected chi connectivity index (χ2v) is 10.9. The molecule has 11 heteroatoms. The Balaban J connectivity index is 1.86. The van der Waals surface area contributed by atoms with Gasteiger partial charge in [0, 0.05) is 6.20 Å². The summed E-state index contributed by atoms with van der Waals surface area (Å²) in [6.07, 6.45) is 4.90. The van der Waals surface area contributed by atoms with Crippen LogP contribution in [0.2, 0.25) is 0 Å². The van der Waals surface area contributed by atoms with Crippen molar-refractivity contribution in [3.05, 3.63) is 94.5 Å². The number of carbonyl (C=O) groups is 1. The van der Waals surface area contributed by atoms with Crippen molar-refractivity contribution in [3.63, 3.8) is 0 Å². The van der Waals surface area contributed by atoms with E-state index >= 15 is 0 Å². The number of rotatable bonds is 10. The van der Waals surface area contributed by atoms with Gasteiger partial charge in [0.05, 0.1) is 45.4 Å². The summed E-state index contributed by atoms with van der Waals surface area (Å²) in [5, 5.41) is 0. The fourth-order valence-corrected chi connectivity index (χ4v) is 6.50. The Morgan fingerprint density at radius 2 is 1.79 bits per heavy atom. The number of methoxy groups -OCH3 is 1. The third-order valence-electron chi connectivity index (χ3n) is 5.67. The van der Waals surface area contributed by atoms with Crippen LogP contribution >= 0.6 is 43.2 Å². The fraction of sp³-hybridized carbons (Fsp3) is 0.250. The molecule has 2 heterocycles. The van der Waals surface area contributed by atoms with Crippen molar-refractivity contribution in [2.75, 3.05) is 26.9 Å². The standard InChI is InChI=1S/C28H26Br2N2O6S/c1-5-10-38-25-19(29)11-16(12-20(25)30)13-23-26(33)32-24(18(27(34)35-4)15-31-28(32)39-23)17-8-9-21(36-6-2)22(14-17)37-7-3/h5,8-9,11-15,24H,1,6-7,10H2,2-4H3/b23-13+/t24-/m0/s1. The van der Waals surface area contributed by atoms with Crippen LogP contribution < -0.4 is 29.1 Å². The van der Waals surface area contributed by atoms with E-state index in [2.05, 4.69) is 43.4 Å². The molecule has 0 aliphatic carbocycles. The van der Waals surface area contributed by atoms with Crippen LogP contribution in [-0.4, -0.2) is 37.5 Å². The lowest BCUT2D eigenvalue weighted by Crippen LogP contribution is -2.39. The monoisotopic (exact) mass is 676 g/mol. The third kappa shape index (κ3) is 6.05. The highest BCUT2D eigenvalue weighted by atomic mass is 79.9. The number of halogens is 2. The number of thiazole rings is 1. The highest BCUT2D eigenvalue weighted by molar-refractivity contribution is 9.11. The average molecular weight is 678 g/mol. The first-order chi connectivity index (χ1) is 18.8. The van der Waals surface area contributed by atoms with Crippen molar-refractivity contribution in [2.45, 2.75) is 19.9 Å². The molecule has 3 aromatic rings. The molecule has 0 bridgehead atoms. The number of ether oxygens (including phenoxy) is 4. The molecule has 0 saturated heterocycles. The van der Waals surface area contributed by atoms with Crippen molar-refractivity contribution < 1.29 is 23.7 Å². The molecule has 1 aliphatic rings. The van der Waals surface area contributed by atoms with Crippen LogP contribution in [0.15, 0.2) is 73.5 Å². The zero-order chi connectivity index (χ0) is 28.1. The topological polar surface area (TPSA) is 88.3 Å². The van der Waals surface area contributed by atoms with Gasteiger partial charge in [-0.2, -0.15) is 0 Å². The molecule has 0 radical (unpaired) electrons. The van der Waals surface area contributed by atoms with E-state index in [0.717, 1.165) is 14.5 Å². The minimum Gasteiger partial charge on any atom is -0.490 e. The number of hydrogen-bond acceptors (Lipinski definition) is 8. The summed E-state index contributed by atoms with van der Waals surface area (Å²) >= 11 is 8.30. The molecule has 0 saturated carbocycles. The van der Waals surface area contributed by atoms with Gasteiger partial charge in [0.15, 0.2) is 16.3 Å². The Morgan fingerprint density at radius 1 is 1.10 bits per heavy atom. The molecule has 0 unspecified atom stereocenters. The molecule has 204 valence electrons. The molecule has 0 amide bonds. The van der Waals surface area contributed by atoms with Gasteiger partial charge in [-0.1, -0.05) is 30.1 Å². The van der Waals surface area contributed by atoms with Gasteiger partial charge in [0.1, 0.15) is 12.4 Å². The summed E-state index contributed by atoms with van der Waals surface area (Å²) in [4.78, 5) is 31.5. The zero-order valence-corrected chi connectivity index (χ0v) is 25.5. The van der Waals surface area contributed by atoms with E-state index in [1.807, 2.05) is 32.0 Å². The fourth-order valence-electron chi connectivity index (χ4n) is 4.08. The molecule has 8 nitrogen and oxygen atoms in total. The molecule has 0 fully saturated rings.